The van der Waals surface area contributed by atoms with E-state index in [1.54, 1.807) is 7.11 Å². The number of carbonyl (C=O) groups excluding carboxylic acids is 1. The molecular formula is C17H22N4O3S. The maximum atomic E-state index is 12.6. The van der Waals surface area contributed by atoms with Gasteiger partial charge in [0.1, 0.15) is 5.75 Å². The summed E-state index contributed by atoms with van der Waals surface area (Å²) in [6, 6.07) is 7.68. The molecule has 3 rings (SSSR count). The van der Waals surface area contributed by atoms with Gasteiger partial charge in [-0.05, 0) is 19.1 Å². The van der Waals surface area contributed by atoms with Crippen LogP contribution in [0.3, 0.4) is 0 Å². The Bertz CT molecular complexity index is 743. The number of hydrogen-bond donors (Lipinski definition) is 0. The van der Waals surface area contributed by atoms with Gasteiger partial charge in [0.25, 0.3) is 0 Å². The molecule has 1 amide bonds. The number of benzene rings is 1. The van der Waals surface area contributed by atoms with Crippen molar-refractivity contribution in [1.29, 1.82) is 0 Å². The second kappa shape index (κ2) is 7.88. The molecule has 0 aliphatic carbocycles. The fourth-order valence-electron chi connectivity index (χ4n) is 2.73. The highest BCUT2D eigenvalue weighted by atomic mass is 32.2. The van der Waals surface area contributed by atoms with Crippen molar-refractivity contribution >= 4 is 17.7 Å². The second-order valence-corrected chi connectivity index (χ2v) is 7.07. The lowest BCUT2D eigenvalue weighted by Crippen LogP contribution is -2.44. The maximum absolute atomic E-state index is 12.6. The van der Waals surface area contributed by atoms with Crippen molar-refractivity contribution in [3.8, 4) is 17.1 Å². The van der Waals surface area contributed by atoms with Gasteiger partial charge in [0.15, 0.2) is 11.0 Å². The smallest absolute Gasteiger partial charge is 0.236 e. The van der Waals surface area contributed by atoms with Crippen molar-refractivity contribution in [3.05, 3.63) is 24.3 Å². The van der Waals surface area contributed by atoms with Crippen LogP contribution in [0.1, 0.15) is 6.92 Å². The molecule has 0 saturated carbocycles. The van der Waals surface area contributed by atoms with E-state index in [1.807, 2.05) is 47.7 Å². The molecule has 1 aliphatic rings. The number of aromatic nitrogens is 3. The Kier molecular flexibility index (Phi) is 5.60. The third-order valence-electron chi connectivity index (χ3n) is 4.14. The first-order chi connectivity index (χ1) is 12.1. The van der Waals surface area contributed by atoms with Gasteiger partial charge in [-0.15, -0.1) is 10.2 Å². The van der Waals surface area contributed by atoms with Crippen molar-refractivity contribution in [2.45, 2.75) is 17.3 Å². The number of hydrogen-bond acceptors (Lipinski definition) is 6. The molecule has 1 aliphatic heterocycles. The highest BCUT2D eigenvalue weighted by Gasteiger charge is 2.25. The summed E-state index contributed by atoms with van der Waals surface area (Å²) in [6.07, 6.45) is 0. The zero-order valence-electron chi connectivity index (χ0n) is 14.6. The molecule has 0 N–H and O–H groups in total. The highest BCUT2D eigenvalue weighted by Crippen LogP contribution is 2.31. The monoisotopic (exact) mass is 362 g/mol. The predicted molar refractivity (Wildman–Crippen MR) is 95.7 cm³/mol. The normalized spacial score (nSPS) is 15.9. The van der Waals surface area contributed by atoms with Gasteiger partial charge >= 0.3 is 0 Å². The molecule has 0 spiro atoms. The van der Waals surface area contributed by atoms with Crippen LogP contribution < -0.4 is 4.74 Å². The Morgan fingerprint density at radius 3 is 2.72 bits per heavy atom. The number of rotatable bonds is 5. The summed E-state index contributed by atoms with van der Waals surface area (Å²) < 4.78 is 12.6. The zero-order chi connectivity index (χ0) is 17.8. The number of methoxy groups -OCH3 is 1. The Morgan fingerprint density at radius 1 is 1.28 bits per heavy atom. The molecule has 7 nitrogen and oxygen atoms in total. The number of nitrogens with zero attached hydrogens (tertiary/aromatic N) is 4. The molecule has 1 aromatic heterocycles. The van der Waals surface area contributed by atoms with Crippen molar-refractivity contribution in [2.75, 3.05) is 33.4 Å². The van der Waals surface area contributed by atoms with Crippen LogP contribution in [-0.2, 0) is 16.6 Å². The summed E-state index contributed by atoms with van der Waals surface area (Å²) in [6.45, 7) is 4.40. The second-order valence-electron chi connectivity index (χ2n) is 5.76. The van der Waals surface area contributed by atoms with E-state index in [4.69, 9.17) is 9.47 Å². The molecule has 1 aromatic carbocycles. The van der Waals surface area contributed by atoms with Crippen LogP contribution >= 0.6 is 11.8 Å². The zero-order valence-corrected chi connectivity index (χ0v) is 15.5. The molecule has 1 atom stereocenters. The summed E-state index contributed by atoms with van der Waals surface area (Å²) >= 11 is 1.42. The summed E-state index contributed by atoms with van der Waals surface area (Å²) in [4.78, 5) is 14.4. The van der Waals surface area contributed by atoms with Crippen LogP contribution in [0.5, 0.6) is 5.75 Å². The topological polar surface area (TPSA) is 69.5 Å². The van der Waals surface area contributed by atoms with E-state index in [2.05, 4.69) is 10.2 Å². The Labute approximate surface area is 151 Å². The van der Waals surface area contributed by atoms with E-state index in [0.29, 0.717) is 37.3 Å². The molecule has 8 heteroatoms. The van der Waals surface area contributed by atoms with E-state index in [9.17, 15) is 4.79 Å². The molecule has 134 valence electrons. The minimum absolute atomic E-state index is 0.107. The molecule has 0 radical (unpaired) electrons. The average molecular weight is 362 g/mol. The Hall–Kier alpha value is -2.06. The quantitative estimate of drug-likeness (QED) is 0.756. The Balaban J connectivity index is 1.76. The molecule has 0 bridgehead atoms. The van der Waals surface area contributed by atoms with E-state index in [0.717, 1.165) is 11.3 Å². The van der Waals surface area contributed by atoms with Crippen molar-refractivity contribution in [2.24, 2.45) is 7.05 Å². The van der Waals surface area contributed by atoms with Crippen molar-refractivity contribution in [3.63, 3.8) is 0 Å². The number of para-hydroxylation sites is 1. The minimum atomic E-state index is -0.230. The van der Waals surface area contributed by atoms with Gasteiger partial charge in [0.2, 0.25) is 5.91 Å². The third-order valence-corrected chi connectivity index (χ3v) is 5.26. The first-order valence-corrected chi connectivity index (χ1v) is 9.05. The van der Waals surface area contributed by atoms with E-state index >= 15 is 0 Å². The third kappa shape index (κ3) is 3.80. The van der Waals surface area contributed by atoms with Gasteiger partial charge in [-0.25, -0.2) is 0 Å². The van der Waals surface area contributed by atoms with Gasteiger partial charge in [0, 0.05) is 20.1 Å². The summed E-state index contributed by atoms with van der Waals surface area (Å²) in [7, 11) is 3.53. The van der Waals surface area contributed by atoms with Gasteiger partial charge in [-0.3, -0.25) is 4.79 Å². The highest BCUT2D eigenvalue weighted by molar-refractivity contribution is 8.00. The molecule has 2 heterocycles. The number of carbonyl (C=O) groups is 1. The van der Waals surface area contributed by atoms with Crippen LogP contribution in [0.15, 0.2) is 29.4 Å². The number of thioether (sulfide) groups is 1. The van der Waals surface area contributed by atoms with Gasteiger partial charge in [-0.1, -0.05) is 23.9 Å². The van der Waals surface area contributed by atoms with Crippen LogP contribution in [0.25, 0.3) is 11.4 Å². The summed E-state index contributed by atoms with van der Waals surface area (Å²) in [5.41, 5.74) is 0.874. The van der Waals surface area contributed by atoms with E-state index in [-0.39, 0.29) is 11.2 Å². The molecule has 0 unspecified atom stereocenters. The first kappa shape index (κ1) is 17.8. The average Bonchev–Trinajstić information content (AvgIpc) is 3.02. The lowest BCUT2D eigenvalue weighted by atomic mass is 10.2. The van der Waals surface area contributed by atoms with Gasteiger partial charge in [0.05, 0.1) is 31.1 Å². The van der Waals surface area contributed by atoms with Crippen molar-refractivity contribution in [1.82, 2.24) is 19.7 Å². The van der Waals surface area contributed by atoms with Crippen LogP contribution in [-0.4, -0.2) is 64.2 Å². The van der Waals surface area contributed by atoms with E-state index < -0.39 is 0 Å². The molecule has 2 aromatic rings. The lowest BCUT2D eigenvalue weighted by Gasteiger charge is -2.28. The van der Waals surface area contributed by atoms with E-state index in [1.165, 1.54) is 11.8 Å². The predicted octanol–water partition coefficient (Wildman–Crippen LogP) is 1.83. The number of morpholine rings is 1. The van der Waals surface area contributed by atoms with Crippen LogP contribution in [0.2, 0.25) is 0 Å². The SMILES string of the molecule is COc1ccccc1-c1nnc(S[C@@H](C)C(=O)N2CCOCC2)n1C. The van der Waals surface area contributed by atoms with Gasteiger partial charge in [-0.2, -0.15) is 0 Å². The van der Waals surface area contributed by atoms with Crippen molar-refractivity contribution < 1.29 is 14.3 Å². The molecule has 25 heavy (non-hydrogen) atoms. The fourth-order valence-corrected chi connectivity index (χ4v) is 3.63. The maximum Gasteiger partial charge on any atom is 0.236 e. The fraction of sp³-hybridized carbons (Fsp3) is 0.471. The number of amides is 1. The molecular weight excluding hydrogens is 340 g/mol. The van der Waals surface area contributed by atoms with Gasteiger partial charge < -0.3 is 18.9 Å². The summed E-state index contributed by atoms with van der Waals surface area (Å²) in [5, 5.41) is 9.02. The van der Waals surface area contributed by atoms with Crippen LogP contribution in [0.4, 0.5) is 0 Å². The summed E-state index contributed by atoms with van der Waals surface area (Å²) in [5.74, 6) is 1.56. The van der Waals surface area contributed by atoms with Crippen LogP contribution in [0, 0.1) is 0 Å². The first-order valence-electron chi connectivity index (χ1n) is 8.17. The minimum Gasteiger partial charge on any atom is -0.496 e. The number of ether oxygens (including phenoxy) is 2. The lowest BCUT2D eigenvalue weighted by molar-refractivity contribution is -0.134. The Morgan fingerprint density at radius 2 is 2.00 bits per heavy atom. The molecule has 1 saturated heterocycles. The largest absolute Gasteiger partial charge is 0.496 e. The molecule has 1 fully saturated rings. The standard InChI is InChI=1S/C17H22N4O3S/c1-12(16(22)21-8-10-24-11-9-21)25-17-19-18-15(20(17)2)13-6-4-5-7-14(13)23-3/h4-7,12H,8-11H2,1-3H3/t12-/m0/s1.